The molecule has 0 radical (unpaired) electrons. The molecule has 3 aromatic carbocycles. The van der Waals surface area contributed by atoms with E-state index in [-0.39, 0.29) is 29.5 Å². The summed E-state index contributed by atoms with van der Waals surface area (Å²) in [6.07, 6.45) is -1.38. The summed E-state index contributed by atoms with van der Waals surface area (Å²) in [6, 6.07) is 19.3. The van der Waals surface area contributed by atoms with E-state index in [1.165, 1.54) is 24.3 Å². The van der Waals surface area contributed by atoms with E-state index in [9.17, 15) is 23.4 Å². The van der Waals surface area contributed by atoms with E-state index in [1.54, 1.807) is 48.5 Å². The molecule has 0 saturated carbocycles. The molecule has 9 heteroatoms. The van der Waals surface area contributed by atoms with Crippen LogP contribution in [-0.2, 0) is 22.7 Å². The Hall–Kier alpha value is -2.91. The molecule has 3 rings (SSSR count). The Morgan fingerprint density at radius 3 is 1.97 bits per heavy atom. The Kier molecular flexibility index (Phi) is 8.68. The number of halogens is 1. The second-order valence-corrected chi connectivity index (χ2v) is 10.2. The van der Waals surface area contributed by atoms with E-state index in [0.717, 1.165) is 16.0 Å². The summed E-state index contributed by atoms with van der Waals surface area (Å²) in [5.41, 5.74) is 2.14. The first kappa shape index (κ1) is 25.7. The highest BCUT2D eigenvalue weighted by Gasteiger charge is 2.20. The Balaban J connectivity index is 1.65. The summed E-state index contributed by atoms with van der Waals surface area (Å²) in [5.74, 6) is 0. The Bertz CT molecular complexity index is 1210. The van der Waals surface area contributed by atoms with Gasteiger partial charge >= 0.3 is 6.09 Å². The number of benzene rings is 3. The van der Waals surface area contributed by atoms with Crippen LogP contribution in [0.1, 0.15) is 22.8 Å². The van der Waals surface area contributed by atoms with Gasteiger partial charge < -0.3 is 20.2 Å². The number of aliphatic hydroxyl groups is 2. The van der Waals surface area contributed by atoms with Crippen LogP contribution < -0.4 is 0 Å². The summed E-state index contributed by atoms with van der Waals surface area (Å²) in [5, 5.41) is 29.4. The molecule has 1 amide bonds. The van der Waals surface area contributed by atoms with Gasteiger partial charge in [0.05, 0.1) is 22.4 Å². The lowest BCUT2D eigenvalue weighted by Gasteiger charge is -2.23. The minimum Gasteiger partial charge on any atom is -0.465 e. The van der Waals surface area contributed by atoms with Gasteiger partial charge in [-0.1, -0.05) is 48.0 Å². The van der Waals surface area contributed by atoms with Crippen LogP contribution in [0.5, 0.6) is 0 Å². The summed E-state index contributed by atoms with van der Waals surface area (Å²) in [6.45, 7) is 0.00617. The second kappa shape index (κ2) is 11.5. The topological polar surface area (TPSA) is 115 Å². The average molecular weight is 504 g/mol. The molecule has 0 unspecified atom stereocenters. The maximum Gasteiger partial charge on any atom is 0.407 e. The molecular weight excluding hydrogens is 478 g/mol. The van der Waals surface area contributed by atoms with E-state index in [1.807, 2.05) is 0 Å². The number of nitrogens with zero attached hydrogens (tertiary/aromatic N) is 1. The molecule has 0 bridgehead atoms. The molecule has 0 spiro atoms. The van der Waals surface area contributed by atoms with Crippen LogP contribution in [0.3, 0.4) is 0 Å². The van der Waals surface area contributed by atoms with Gasteiger partial charge in [-0.25, -0.2) is 13.2 Å². The number of aliphatic hydroxyl groups excluding tert-OH is 2. The zero-order valence-corrected chi connectivity index (χ0v) is 19.9. The lowest BCUT2D eigenvalue weighted by atomic mass is 10.1. The van der Waals surface area contributed by atoms with Gasteiger partial charge in [0.15, 0.2) is 0 Å². The lowest BCUT2D eigenvalue weighted by Crippen LogP contribution is -2.35. The summed E-state index contributed by atoms with van der Waals surface area (Å²) < 4.78 is 25.8. The molecule has 7 nitrogen and oxygen atoms in total. The summed E-state index contributed by atoms with van der Waals surface area (Å²) in [7, 11) is -3.69. The highest BCUT2D eigenvalue weighted by Crippen LogP contribution is 2.23. The fourth-order valence-electron chi connectivity index (χ4n) is 3.49. The standard InChI is InChI=1S/C25H26ClNO6S/c26-21-3-1-2-20(16-21)24(29)17-27(25(30)31)14-12-18-4-8-22(9-5-18)34(32,33)23-10-6-19(7-11-23)13-15-28/h1-11,16,24,28-29H,12-15,17H2,(H,30,31)/t24-/m0/s1. The van der Waals surface area contributed by atoms with Crippen LogP contribution >= 0.6 is 11.6 Å². The minimum absolute atomic E-state index is 0.00751. The van der Waals surface area contributed by atoms with Crippen molar-refractivity contribution in [2.45, 2.75) is 28.7 Å². The number of carbonyl (C=O) groups is 1. The minimum atomic E-state index is -3.69. The molecular formula is C25H26ClNO6S. The number of carboxylic acid groups (broad SMARTS) is 1. The van der Waals surface area contributed by atoms with Crippen LogP contribution in [0.2, 0.25) is 5.02 Å². The molecule has 0 aromatic heterocycles. The Morgan fingerprint density at radius 1 is 0.912 bits per heavy atom. The van der Waals surface area contributed by atoms with Crippen LogP contribution in [0, 0.1) is 0 Å². The second-order valence-electron chi connectivity index (χ2n) is 7.81. The summed E-state index contributed by atoms with van der Waals surface area (Å²) >= 11 is 5.94. The van der Waals surface area contributed by atoms with Gasteiger partial charge in [-0.15, -0.1) is 0 Å². The quantitative estimate of drug-likeness (QED) is 0.385. The number of hydrogen-bond acceptors (Lipinski definition) is 5. The third-order valence-corrected chi connectivity index (χ3v) is 7.46. The zero-order valence-electron chi connectivity index (χ0n) is 18.3. The summed E-state index contributed by atoms with van der Waals surface area (Å²) in [4.78, 5) is 13.1. The van der Waals surface area contributed by atoms with Crippen molar-refractivity contribution in [3.05, 3.63) is 94.5 Å². The lowest BCUT2D eigenvalue weighted by molar-refractivity contribution is 0.0973. The highest BCUT2D eigenvalue weighted by atomic mass is 35.5. The number of amides is 1. The van der Waals surface area contributed by atoms with Crippen LogP contribution in [0.25, 0.3) is 0 Å². The normalized spacial score (nSPS) is 12.3. The fourth-order valence-corrected chi connectivity index (χ4v) is 4.95. The van der Waals surface area contributed by atoms with Crippen LogP contribution in [0.4, 0.5) is 4.79 Å². The van der Waals surface area contributed by atoms with E-state index in [4.69, 9.17) is 16.7 Å². The van der Waals surface area contributed by atoms with Crippen molar-refractivity contribution in [3.8, 4) is 0 Å². The van der Waals surface area contributed by atoms with E-state index in [0.29, 0.717) is 23.4 Å². The van der Waals surface area contributed by atoms with Crippen molar-refractivity contribution in [2.75, 3.05) is 19.7 Å². The van der Waals surface area contributed by atoms with Crippen molar-refractivity contribution >= 4 is 27.5 Å². The third-order valence-electron chi connectivity index (χ3n) is 5.44. The predicted octanol–water partition coefficient (Wildman–Crippen LogP) is 3.96. The van der Waals surface area contributed by atoms with Gasteiger partial charge in [0.2, 0.25) is 9.84 Å². The van der Waals surface area contributed by atoms with Gasteiger partial charge in [0.1, 0.15) is 0 Å². The number of hydrogen-bond donors (Lipinski definition) is 3. The molecule has 180 valence electrons. The third kappa shape index (κ3) is 6.57. The van der Waals surface area contributed by atoms with Crippen molar-refractivity contribution in [1.29, 1.82) is 0 Å². The molecule has 0 aliphatic rings. The maximum absolute atomic E-state index is 12.9. The monoisotopic (exact) mass is 503 g/mol. The average Bonchev–Trinajstić information content (AvgIpc) is 2.82. The van der Waals surface area contributed by atoms with Gasteiger partial charge in [-0.2, -0.15) is 0 Å². The molecule has 1 atom stereocenters. The van der Waals surface area contributed by atoms with Gasteiger partial charge in [0, 0.05) is 18.2 Å². The molecule has 0 aliphatic heterocycles. The smallest absolute Gasteiger partial charge is 0.407 e. The fraction of sp³-hybridized carbons (Fsp3) is 0.240. The van der Waals surface area contributed by atoms with Crippen LogP contribution in [-0.4, -0.2) is 54.4 Å². The molecule has 0 aliphatic carbocycles. The zero-order chi connectivity index (χ0) is 24.7. The van der Waals surface area contributed by atoms with E-state index in [2.05, 4.69) is 0 Å². The van der Waals surface area contributed by atoms with Crippen molar-refractivity contribution in [1.82, 2.24) is 4.90 Å². The molecule has 3 N–H and O–H groups in total. The highest BCUT2D eigenvalue weighted by molar-refractivity contribution is 7.91. The molecule has 0 saturated heterocycles. The SMILES string of the molecule is O=C(O)N(CCc1ccc(S(=O)(=O)c2ccc(CCO)cc2)cc1)C[C@H](O)c1cccc(Cl)c1. The largest absolute Gasteiger partial charge is 0.465 e. The maximum atomic E-state index is 12.9. The first-order valence-corrected chi connectivity index (χ1v) is 12.5. The molecule has 3 aromatic rings. The number of sulfone groups is 1. The van der Waals surface area contributed by atoms with Gasteiger partial charge in [-0.05, 0) is 65.9 Å². The Labute approximate surface area is 203 Å². The van der Waals surface area contributed by atoms with Crippen molar-refractivity contribution in [2.24, 2.45) is 0 Å². The van der Waals surface area contributed by atoms with Crippen molar-refractivity contribution in [3.63, 3.8) is 0 Å². The van der Waals surface area contributed by atoms with E-state index >= 15 is 0 Å². The molecule has 34 heavy (non-hydrogen) atoms. The Morgan fingerprint density at radius 2 is 1.47 bits per heavy atom. The van der Waals surface area contributed by atoms with Gasteiger partial charge in [0.25, 0.3) is 0 Å². The van der Waals surface area contributed by atoms with E-state index < -0.39 is 22.0 Å². The predicted molar refractivity (Wildman–Crippen MR) is 129 cm³/mol. The van der Waals surface area contributed by atoms with Gasteiger partial charge in [-0.3, -0.25) is 0 Å². The first-order chi connectivity index (χ1) is 16.2. The van der Waals surface area contributed by atoms with Crippen molar-refractivity contribution < 1.29 is 28.5 Å². The number of rotatable bonds is 10. The first-order valence-electron chi connectivity index (χ1n) is 10.7. The van der Waals surface area contributed by atoms with Crippen LogP contribution in [0.15, 0.2) is 82.6 Å². The molecule has 0 heterocycles. The molecule has 0 fully saturated rings.